The van der Waals surface area contributed by atoms with Gasteiger partial charge in [0, 0.05) is 5.56 Å². The fourth-order valence-corrected chi connectivity index (χ4v) is 2.15. The number of hydrogen-bond acceptors (Lipinski definition) is 6. The predicted molar refractivity (Wildman–Crippen MR) is 103 cm³/mol. The van der Waals surface area contributed by atoms with Crippen molar-refractivity contribution >= 4 is 29.2 Å². The maximum atomic E-state index is 12.2. The van der Waals surface area contributed by atoms with Gasteiger partial charge in [-0.2, -0.15) is 4.80 Å². The Hall–Kier alpha value is -2.55. The van der Waals surface area contributed by atoms with E-state index in [0.717, 1.165) is 18.6 Å². The first-order valence-electron chi connectivity index (χ1n) is 8.61. The molecule has 1 heterocycles. The Kier molecular flexibility index (Phi) is 7.46. The molecule has 9 heteroatoms. The van der Waals surface area contributed by atoms with Crippen molar-refractivity contribution in [2.45, 2.75) is 40.2 Å². The quantitative estimate of drug-likeness (QED) is 0.684. The molecule has 0 bridgehead atoms. The summed E-state index contributed by atoms with van der Waals surface area (Å²) in [5, 5.41) is 17.4. The van der Waals surface area contributed by atoms with E-state index in [1.807, 2.05) is 0 Å². The highest BCUT2D eigenvalue weighted by Gasteiger charge is 2.10. The summed E-state index contributed by atoms with van der Waals surface area (Å²) in [6, 6.07) is 6.89. The maximum Gasteiger partial charge on any atom is 0.269 e. The Labute approximate surface area is 158 Å². The number of amides is 1. The third kappa shape index (κ3) is 6.40. The van der Waals surface area contributed by atoms with Gasteiger partial charge in [-0.15, -0.1) is 5.10 Å². The zero-order chi connectivity index (χ0) is 18.9. The van der Waals surface area contributed by atoms with Crippen LogP contribution in [0.5, 0.6) is 5.75 Å². The van der Waals surface area contributed by atoms with Gasteiger partial charge in [0.1, 0.15) is 5.75 Å². The van der Waals surface area contributed by atoms with Gasteiger partial charge >= 0.3 is 0 Å². The summed E-state index contributed by atoms with van der Waals surface area (Å²) in [6.45, 7) is 7.56. The van der Waals surface area contributed by atoms with Crippen LogP contribution in [0, 0.1) is 5.92 Å². The number of anilines is 1. The summed E-state index contributed by atoms with van der Waals surface area (Å²) in [4.78, 5) is 13.7. The van der Waals surface area contributed by atoms with Gasteiger partial charge in [-0.3, -0.25) is 15.4 Å². The molecule has 26 heavy (non-hydrogen) atoms. The van der Waals surface area contributed by atoms with Gasteiger partial charge in [0.05, 0.1) is 13.2 Å². The number of carbonyl (C=O) groups excluding carboxylic acids is 1. The van der Waals surface area contributed by atoms with Crippen LogP contribution in [0.3, 0.4) is 0 Å². The van der Waals surface area contributed by atoms with E-state index >= 15 is 0 Å². The SMILES string of the molecule is CCCCn1nnc(NC(=S)NC(=O)c2ccc(OCC(C)C)cc2)n1. The number of benzene rings is 1. The maximum absolute atomic E-state index is 12.2. The van der Waals surface area contributed by atoms with Crippen LogP contribution in [0.25, 0.3) is 0 Å². The van der Waals surface area contributed by atoms with Crippen molar-refractivity contribution in [3.8, 4) is 5.75 Å². The number of unbranched alkanes of at least 4 members (excludes halogenated alkanes) is 1. The molecule has 2 N–H and O–H groups in total. The van der Waals surface area contributed by atoms with Crippen molar-refractivity contribution in [3.63, 3.8) is 0 Å². The third-order valence-electron chi connectivity index (χ3n) is 3.32. The zero-order valence-corrected chi connectivity index (χ0v) is 16.0. The lowest BCUT2D eigenvalue weighted by molar-refractivity contribution is 0.0977. The monoisotopic (exact) mass is 376 g/mol. The summed E-state index contributed by atoms with van der Waals surface area (Å²) in [5.74, 6) is 1.10. The number of ether oxygens (including phenoxy) is 1. The highest BCUT2D eigenvalue weighted by Crippen LogP contribution is 2.13. The molecule has 1 aromatic carbocycles. The van der Waals surface area contributed by atoms with Crippen LogP contribution in [0.4, 0.5) is 5.95 Å². The second-order valence-corrected chi connectivity index (χ2v) is 6.61. The lowest BCUT2D eigenvalue weighted by Gasteiger charge is -2.10. The Balaban J connectivity index is 1.84. The van der Waals surface area contributed by atoms with Crippen LogP contribution >= 0.6 is 12.2 Å². The molecule has 2 rings (SSSR count). The Morgan fingerprint density at radius 3 is 2.69 bits per heavy atom. The third-order valence-corrected chi connectivity index (χ3v) is 3.52. The van der Waals surface area contributed by atoms with Gasteiger partial charge in [-0.25, -0.2) is 0 Å². The first-order chi connectivity index (χ1) is 12.5. The highest BCUT2D eigenvalue weighted by atomic mass is 32.1. The van der Waals surface area contributed by atoms with Gasteiger partial charge in [-0.1, -0.05) is 32.3 Å². The van der Waals surface area contributed by atoms with Crippen LogP contribution in [0.15, 0.2) is 24.3 Å². The van der Waals surface area contributed by atoms with Crippen LogP contribution in [0.1, 0.15) is 44.0 Å². The Bertz CT molecular complexity index is 729. The molecule has 2 aromatic rings. The number of tetrazole rings is 1. The molecule has 0 spiro atoms. The molecule has 0 saturated heterocycles. The first kappa shape index (κ1) is 19.8. The molecule has 0 fully saturated rings. The molecule has 8 nitrogen and oxygen atoms in total. The van der Waals surface area contributed by atoms with Gasteiger partial charge in [0.2, 0.25) is 0 Å². The average molecular weight is 376 g/mol. The molecule has 1 aromatic heterocycles. The fourth-order valence-electron chi connectivity index (χ4n) is 1.96. The molecule has 0 aliphatic rings. The van der Waals surface area contributed by atoms with E-state index < -0.39 is 0 Å². The van der Waals surface area contributed by atoms with E-state index in [9.17, 15) is 4.79 Å². The van der Waals surface area contributed by atoms with Gasteiger partial charge in [0.25, 0.3) is 11.9 Å². The predicted octanol–water partition coefficient (Wildman–Crippen LogP) is 2.63. The first-order valence-corrected chi connectivity index (χ1v) is 9.01. The zero-order valence-electron chi connectivity index (χ0n) is 15.2. The van der Waals surface area contributed by atoms with Crippen molar-refractivity contribution in [2.24, 2.45) is 5.92 Å². The van der Waals surface area contributed by atoms with Crippen LogP contribution in [-0.4, -0.2) is 37.8 Å². The lowest BCUT2D eigenvalue weighted by atomic mass is 10.2. The number of nitrogens with zero attached hydrogens (tertiary/aromatic N) is 4. The van der Waals surface area contributed by atoms with Crippen molar-refractivity contribution < 1.29 is 9.53 Å². The molecular formula is C17H24N6O2S. The number of aromatic nitrogens is 4. The largest absolute Gasteiger partial charge is 0.493 e. The average Bonchev–Trinajstić information content (AvgIpc) is 3.05. The van der Waals surface area contributed by atoms with E-state index in [1.54, 1.807) is 24.3 Å². The number of hydrogen-bond donors (Lipinski definition) is 2. The summed E-state index contributed by atoms with van der Waals surface area (Å²) in [7, 11) is 0. The Morgan fingerprint density at radius 2 is 2.04 bits per heavy atom. The van der Waals surface area contributed by atoms with Gasteiger partial charge in [0.15, 0.2) is 5.11 Å². The Morgan fingerprint density at radius 1 is 1.31 bits per heavy atom. The molecule has 1 amide bonds. The summed E-state index contributed by atoms with van der Waals surface area (Å²) < 4.78 is 5.60. The van der Waals surface area contributed by atoms with Crippen LogP contribution in [0.2, 0.25) is 0 Å². The van der Waals surface area contributed by atoms with E-state index in [2.05, 4.69) is 46.8 Å². The minimum absolute atomic E-state index is 0.116. The second-order valence-electron chi connectivity index (χ2n) is 6.20. The molecular weight excluding hydrogens is 352 g/mol. The lowest BCUT2D eigenvalue weighted by Crippen LogP contribution is -2.34. The molecule has 0 unspecified atom stereocenters. The van der Waals surface area contributed by atoms with E-state index in [-0.39, 0.29) is 17.0 Å². The van der Waals surface area contributed by atoms with E-state index in [0.29, 0.717) is 24.6 Å². The fraction of sp³-hybridized carbons (Fsp3) is 0.471. The molecule has 0 atom stereocenters. The second kappa shape index (κ2) is 9.81. The number of nitrogens with one attached hydrogen (secondary N) is 2. The summed E-state index contributed by atoms with van der Waals surface area (Å²) in [6.07, 6.45) is 2.01. The van der Waals surface area contributed by atoms with E-state index in [1.165, 1.54) is 4.80 Å². The number of rotatable bonds is 8. The van der Waals surface area contributed by atoms with Crippen molar-refractivity contribution in [2.75, 3.05) is 11.9 Å². The number of aryl methyl sites for hydroxylation is 1. The smallest absolute Gasteiger partial charge is 0.269 e. The minimum Gasteiger partial charge on any atom is -0.493 e. The van der Waals surface area contributed by atoms with E-state index in [4.69, 9.17) is 17.0 Å². The number of carbonyl (C=O) groups is 1. The standard InChI is InChI=1S/C17H24N6O2S/c1-4-5-10-23-21-16(20-22-23)19-17(26)18-15(24)13-6-8-14(9-7-13)25-11-12(2)3/h6-9,12H,4-5,10-11H2,1-3H3,(H2,18,19,21,24,26). The van der Waals surface area contributed by atoms with Gasteiger partial charge in [-0.05, 0) is 54.0 Å². The van der Waals surface area contributed by atoms with Gasteiger partial charge < -0.3 is 4.74 Å². The molecule has 140 valence electrons. The normalized spacial score (nSPS) is 10.6. The van der Waals surface area contributed by atoms with Crippen molar-refractivity contribution in [3.05, 3.63) is 29.8 Å². The van der Waals surface area contributed by atoms with Crippen molar-refractivity contribution in [1.29, 1.82) is 0 Å². The van der Waals surface area contributed by atoms with Crippen molar-refractivity contribution in [1.82, 2.24) is 25.5 Å². The van der Waals surface area contributed by atoms with Crippen LogP contribution < -0.4 is 15.4 Å². The minimum atomic E-state index is -0.323. The molecule has 0 radical (unpaired) electrons. The molecule has 0 aliphatic carbocycles. The summed E-state index contributed by atoms with van der Waals surface area (Å²) >= 11 is 5.12. The molecule has 0 aliphatic heterocycles. The summed E-state index contributed by atoms with van der Waals surface area (Å²) in [5.41, 5.74) is 0.477. The number of thiocarbonyl (C=S) groups is 1. The van der Waals surface area contributed by atoms with Crippen LogP contribution in [-0.2, 0) is 6.54 Å². The highest BCUT2D eigenvalue weighted by molar-refractivity contribution is 7.80. The topological polar surface area (TPSA) is 94.0 Å². The molecule has 0 saturated carbocycles.